The summed E-state index contributed by atoms with van der Waals surface area (Å²) in [5.74, 6) is 1.80. The molecule has 0 fully saturated rings. The summed E-state index contributed by atoms with van der Waals surface area (Å²) in [7, 11) is 0. The lowest BCUT2D eigenvalue weighted by molar-refractivity contribution is 0.504. The molecule has 28 heavy (non-hydrogen) atoms. The highest BCUT2D eigenvalue weighted by atomic mass is 14.0. The Hall–Kier alpha value is 0. The van der Waals surface area contributed by atoms with E-state index in [2.05, 4.69) is 41.5 Å². The van der Waals surface area contributed by atoms with Crippen molar-refractivity contribution in [1.82, 2.24) is 0 Å². The van der Waals surface area contributed by atoms with Crippen LogP contribution >= 0.6 is 0 Å². The summed E-state index contributed by atoms with van der Waals surface area (Å²) in [5, 5.41) is 0. The zero-order valence-corrected chi connectivity index (χ0v) is 21.3. The largest absolute Gasteiger partial charge is 0.0654 e. The Kier molecular flexibility index (Phi) is 29.1. The van der Waals surface area contributed by atoms with Crippen molar-refractivity contribution in [2.24, 2.45) is 11.8 Å². The minimum atomic E-state index is 0.901. The normalized spacial score (nSPS) is 11.1. The monoisotopic (exact) mass is 396 g/mol. The molecule has 0 spiro atoms. The highest BCUT2D eigenvalue weighted by molar-refractivity contribution is 4.50. The van der Waals surface area contributed by atoms with E-state index in [0.29, 0.717) is 0 Å². The van der Waals surface area contributed by atoms with Crippen molar-refractivity contribution in [3.05, 3.63) is 0 Å². The van der Waals surface area contributed by atoms with Gasteiger partial charge < -0.3 is 0 Å². The van der Waals surface area contributed by atoms with Gasteiger partial charge in [-0.25, -0.2) is 0 Å². The van der Waals surface area contributed by atoms with Crippen molar-refractivity contribution >= 4 is 0 Å². The van der Waals surface area contributed by atoms with Gasteiger partial charge in [-0.05, 0) is 11.8 Å². The Bertz CT molecular complexity index is 240. The van der Waals surface area contributed by atoms with E-state index in [1.54, 1.807) is 0 Å². The van der Waals surface area contributed by atoms with Crippen LogP contribution in [0.2, 0.25) is 0 Å². The molecule has 0 saturated carbocycles. The fourth-order valence-corrected chi connectivity index (χ4v) is 3.73. The van der Waals surface area contributed by atoms with Gasteiger partial charge in [0, 0.05) is 0 Å². The molecular formula is C28H60. The van der Waals surface area contributed by atoms with Crippen LogP contribution in [0.4, 0.5) is 0 Å². The Morgan fingerprint density at radius 3 is 0.750 bits per heavy atom. The van der Waals surface area contributed by atoms with Crippen LogP contribution in [0.5, 0.6) is 0 Å². The highest BCUT2D eigenvalue weighted by Crippen LogP contribution is 2.14. The Morgan fingerprint density at radius 2 is 0.536 bits per heavy atom. The van der Waals surface area contributed by atoms with Crippen LogP contribution in [0.1, 0.15) is 170 Å². The van der Waals surface area contributed by atoms with Crippen molar-refractivity contribution in [2.75, 3.05) is 0 Å². The van der Waals surface area contributed by atoms with Gasteiger partial charge in [-0.15, -0.1) is 0 Å². The second-order valence-electron chi connectivity index (χ2n) is 10.0. The lowest BCUT2D eigenvalue weighted by atomic mass is 10.0. The maximum atomic E-state index is 2.33. The summed E-state index contributed by atoms with van der Waals surface area (Å²) in [5.41, 5.74) is 0. The fraction of sp³-hybridized carbons (Fsp3) is 1.00. The molecule has 0 rings (SSSR count). The van der Waals surface area contributed by atoms with Crippen LogP contribution in [-0.4, -0.2) is 0 Å². The first-order chi connectivity index (χ1) is 13.5. The molecule has 172 valence electrons. The molecule has 0 aromatic rings. The summed E-state index contributed by atoms with van der Waals surface area (Å²) in [6.45, 7) is 13.9. The van der Waals surface area contributed by atoms with Crippen molar-refractivity contribution in [3.63, 3.8) is 0 Å². The number of rotatable bonds is 20. The van der Waals surface area contributed by atoms with E-state index in [0.717, 1.165) is 11.8 Å². The SMILES string of the molecule is CCCCCCCCCC(C)C.CCCCCCCCCCCCCC(C)C. The van der Waals surface area contributed by atoms with E-state index >= 15 is 0 Å². The minimum Gasteiger partial charge on any atom is -0.0654 e. The van der Waals surface area contributed by atoms with Gasteiger partial charge in [0.25, 0.3) is 0 Å². The van der Waals surface area contributed by atoms with Crippen molar-refractivity contribution in [3.8, 4) is 0 Å². The lowest BCUT2D eigenvalue weighted by Crippen LogP contribution is -1.87. The van der Waals surface area contributed by atoms with Gasteiger partial charge in [-0.3, -0.25) is 0 Å². The topological polar surface area (TPSA) is 0 Å². The van der Waals surface area contributed by atoms with Crippen LogP contribution in [0.25, 0.3) is 0 Å². The summed E-state index contributed by atoms with van der Waals surface area (Å²) >= 11 is 0. The Morgan fingerprint density at radius 1 is 0.321 bits per heavy atom. The first-order valence-corrected chi connectivity index (χ1v) is 13.5. The molecular weight excluding hydrogens is 336 g/mol. The molecule has 0 amide bonds. The molecule has 0 heteroatoms. The first-order valence-electron chi connectivity index (χ1n) is 13.5. The number of hydrogen-bond donors (Lipinski definition) is 0. The quantitative estimate of drug-likeness (QED) is 0.179. The summed E-state index contributed by atoms with van der Waals surface area (Å²) < 4.78 is 0. The molecule has 0 aromatic carbocycles. The minimum absolute atomic E-state index is 0.901. The van der Waals surface area contributed by atoms with Crippen molar-refractivity contribution in [2.45, 2.75) is 170 Å². The molecule has 0 radical (unpaired) electrons. The van der Waals surface area contributed by atoms with E-state index in [1.165, 1.54) is 128 Å². The third-order valence-electron chi connectivity index (χ3n) is 5.77. The molecule has 0 aliphatic rings. The molecule has 0 aliphatic heterocycles. The molecule has 0 N–H and O–H groups in total. The van der Waals surface area contributed by atoms with E-state index < -0.39 is 0 Å². The predicted octanol–water partition coefficient (Wildman–Crippen LogP) is 11.1. The van der Waals surface area contributed by atoms with Gasteiger partial charge in [0.2, 0.25) is 0 Å². The van der Waals surface area contributed by atoms with Crippen LogP contribution < -0.4 is 0 Å². The van der Waals surface area contributed by atoms with Gasteiger partial charge in [0.1, 0.15) is 0 Å². The number of hydrogen-bond acceptors (Lipinski definition) is 0. The molecule has 0 aromatic heterocycles. The zero-order valence-electron chi connectivity index (χ0n) is 21.3. The van der Waals surface area contributed by atoms with Crippen LogP contribution in [0, 0.1) is 11.8 Å². The third kappa shape index (κ3) is 33.6. The second-order valence-corrected chi connectivity index (χ2v) is 10.0. The molecule has 0 atom stereocenters. The summed E-state index contributed by atoms with van der Waals surface area (Å²) in [6, 6.07) is 0. The fourth-order valence-electron chi connectivity index (χ4n) is 3.73. The van der Waals surface area contributed by atoms with Gasteiger partial charge in [0.05, 0.1) is 0 Å². The maximum absolute atomic E-state index is 2.33. The predicted molar refractivity (Wildman–Crippen MR) is 133 cm³/mol. The van der Waals surface area contributed by atoms with Gasteiger partial charge >= 0.3 is 0 Å². The van der Waals surface area contributed by atoms with Crippen LogP contribution in [0.15, 0.2) is 0 Å². The third-order valence-corrected chi connectivity index (χ3v) is 5.77. The maximum Gasteiger partial charge on any atom is -0.0471 e. The molecule has 0 heterocycles. The van der Waals surface area contributed by atoms with Crippen molar-refractivity contribution in [1.29, 1.82) is 0 Å². The number of unbranched alkanes of at least 4 members (excludes halogenated alkanes) is 16. The van der Waals surface area contributed by atoms with E-state index in [-0.39, 0.29) is 0 Å². The van der Waals surface area contributed by atoms with Gasteiger partial charge in [-0.2, -0.15) is 0 Å². The van der Waals surface area contributed by atoms with Gasteiger partial charge in [0.15, 0.2) is 0 Å². The molecule has 0 unspecified atom stereocenters. The average molecular weight is 397 g/mol. The Balaban J connectivity index is 0. The Labute approximate surface area is 182 Å². The van der Waals surface area contributed by atoms with Crippen LogP contribution in [0.3, 0.4) is 0 Å². The standard InChI is InChI=1S/C16H34.C12H26/c1-4-5-6-7-8-9-10-11-12-13-14-15-16(2)3;1-4-5-6-7-8-9-10-11-12(2)3/h16H,4-15H2,1-3H3;12H,4-11H2,1-3H3. The van der Waals surface area contributed by atoms with E-state index in [4.69, 9.17) is 0 Å². The average Bonchev–Trinajstić information content (AvgIpc) is 2.65. The molecule has 0 aliphatic carbocycles. The molecule has 0 bridgehead atoms. The molecule has 0 nitrogen and oxygen atoms in total. The summed E-state index contributed by atoms with van der Waals surface area (Å²) in [4.78, 5) is 0. The zero-order chi connectivity index (χ0) is 21.3. The van der Waals surface area contributed by atoms with Crippen molar-refractivity contribution < 1.29 is 0 Å². The summed E-state index contributed by atoms with van der Waals surface area (Å²) in [6.07, 6.45) is 29.0. The van der Waals surface area contributed by atoms with E-state index in [1.807, 2.05) is 0 Å². The highest BCUT2D eigenvalue weighted by Gasteiger charge is 1.95. The smallest absolute Gasteiger partial charge is 0.0471 e. The lowest BCUT2D eigenvalue weighted by Gasteiger charge is -2.04. The second kappa shape index (κ2) is 27.0. The van der Waals surface area contributed by atoms with E-state index in [9.17, 15) is 0 Å². The van der Waals surface area contributed by atoms with Gasteiger partial charge in [-0.1, -0.05) is 170 Å². The molecule has 0 saturated heterocycles. The first kappa shape index (κ1) is 30.2. The van der Waals surface area contributed by atoms with Crippen LogP contribution in [-0.2, 0) is 0 Å².